The molecule has 0 aromatic heterocycles. The van der Waals surface area contributed by atoms with Gasteiger partial charge in [0.1, 0.15) is 5.75 Å². The Hall–Kier alpha value is -3.07. The Morgan fingerprint density at radius 2 is 1.90 bits per heavy atom. The van der Waals surface area contributed by atoms with E-state index < -0.39 is 22.9 Å². The van der Waals surface area contributed by atoms with Gasteiger partial charge in [0.15, 0.2) is 6.10 Å². The average molecular weight is 418 g/mol. The summed E-state index contributed by atoms with van der Waals surface area (Å²) in [6, 6.07) is 11.8. The number of nitrogens with zero attached hydrogens (tertiary/aromatic N) is 1. The number of esters is 1. The van der Waals surface area contributed by atoms with Crippen molar-refractivity contribution in [2.75, 3.05) is 18.2 Å². The summed E-state index contributed by atoms with van der Waals surface area (Å²) in [6.45, 7) is 3.46. The summed E-state index contributed by atoms with van der Waals surface area (Å²) in [7, 11) is 1.34. The third kappa shape index (κ3) is 6.79. The van der Waals surface area contributed by atoms with Gasteiger partial charge in [0.2, 0.25) is 0 Å². The van der Waals surface area contributed by atoms with E-state index in [1.807, 2.05) is 31.2 Å². The minimum Gasteiger partial charge on any atom is -0.494 e. The van der Waals surface area contributed by atoms with Gasteiger partial charge in [-0.3, -0.25) is 19.7 Å². The Morgan fingerprint density at radius 1 is 1.21 bits per heavy atom. The van der Waals surface area contributed by atoms with E-state index in [0.29, 0.717) is 5.75 Å². The molecule has 2 aromatic carbocycles. The monoisotopic (exact) mass is 418 g/mol. The molecule has 154 valence electrons. The first-order valence-electron chi connectivity index (χ1n) is 8.82. The molecule has 1 atom stereocenters. The lowest BCUT2D eigenvalue weighted by Crippen LogP contribution is -2.30. The van der Waals surface area contributed by atoms with Crippen LogP contribution in [0.1, 0.15) is 18.9 Å². The highest BCUT2D eigenvalue weighted by Crippen LogP contribution is 2.29. The fourth-order valence-electron chi connectivity index (χ4n) is 2.33. The van der Waals surface area contributed by atoms with E-state index in [0.717, 1.165) is 4.90 Å². The van der Waals surface area contributed by atoms with Gasteiger partial charge in [0, 0.05) is 16.7 Å². The maximum absolute atomic E-state index is 12.3. The van der Waals surface area contributed by atoms with Crippen LogP contribution in [0.25, 0.3) is 0 Å². The van der Waals surface area contributed by atoms with Gasteiger partial charge in [0.05, 0.1) is 30.2 Å². The molecule has 1 amide bonds. The van der Waals surface area contributed by atoms with Gasteiger partial charge in [0.25, 0.3) is 11.6 Å². The third-order valence-electron chi connectivity index (χ3n) is 3.93. The number of aryl methyl sites for hydroxylation is 1. The molecule has 0 aliphatic carbocycles. The maximum Gasteiger partial charge on any atom is 0.307 e. The lowest BCUT2D eigenvalue weighted by atomic mass is 10.2. The molecular formula is C20H22N2O6S. The van der Waals surface area contributed by atoms with Gasteiger partial charge in [-0.25, -0.2) is 0 Å². The Balaban J connectivity index is 1.84. The van der Waals surface area contributed by atoms with Crippen LogP contribution in [0.15, 0.2) is 47.4 Å². The number of amides is 1. The maximum atomic E-state index is 12.3. The van der Waals surface area contributed by atoms with Crippen molar-refractivity contribution in [1.29, 1.82) is 0 Å². The minimum atomic E-state index is -1.02. The first-order valence-corrected chi connectivity index (χ1v) is 9.81. The lowest BCUT2D eigenvalue weighted by Gasteiger charge is -2.15. The summed E-state index contributed by atoms with van der Waals surface area (Å²) in [5.41, 5.74) is 1.25. The molecule has 0 saturated heterocycles. The molecule has 8 nitrogen and oxygen atoms in total. The first kappa shape index (κ1) is 22.2. The highest BCUT2D eigenvalue weighted by Gasteiger charge is 2.20. The number of anilines is 1. The number of carbonyl (C=O) groups excluding carboxylic acids is 2. The van der Waals surface area contributed by atoms with Crippen LogP contribution in [-0.2, 0) is 14.3 Å². The number of methoxy groups -OCH3 is 1. The quantitative estimate of drug-likeness (QED) is 0.284. The van der Waals surface area contributed by atoms with Crippen LogP contribution in [0, 0.1) is 17.0 Å². The van der Waals surface area contributed by atoms with E-state index in [1.54, 1.807) is 0 Å². The number of non-ortho nitro benzene ring substituents is 1. The van der Waals surface area contributed by atoms with Crippen molar-refractivity contribution in [2.45, 2.75) is 31.3 Å². The lowest BCUT2D eigenvalue weighted by molar-refractivity contribution is -0.384. The highest BCUT2D eigenvalue weighted by atomic mass is 32.2. The summed E-state index contributed by atoms with van der Waals surface area (Å²) < 4.78 is 10.2. The van der Waals surface area contributed by atoms with Crippen molar-refractivity contribution in [2.24, 2.45) is 0 Å². The van der Waals surface area contributed by atoms with Gasteiger partial charge < -0.3 is 14.8 Å². The van der Waals surface area contributed by atoms with Crippen LogP contribution < -0.4 is 10.1 Å². The van der Waals surface area contributed by atoms with Crippen LogP contribution in [0.3, 0.4) is 0 Å². The fraction of sp³-hybridized carbons (Fsp3) is 0.300. The van der Waals surface area contributed by atoms with Crippen molar-refractivity contribution >= 4 is 35.0 Å². The van der Waals surface area contributed by atoms with Gasteiger partial charge in [-0.05, 0) is 32.0 Å². The molecule has 2 rings (SSSR count). The van der Waals surface area contributed by atoms with E-state index in [1.165, 1.54) is 49.6 Å². The van der Waals surface area contributed by atoms with Crippen molar-refractivity contribution in [1.82, 2.24) is 0 Å². The van der Waals surface area contributed by atoms with Gasteiger partial charge in [-0.2, -0.15) is 0 Å². The second kappa shape index (κ2) is 10.5. The number of hydrogen-bond acceptors (Lipinski definition) is 7. The van der Waals surface area contributed by atoms with Crippen molar-refractivity contribution in [3.8, 4) is 5.75 Å². The number of ether oxygens (including phenoxy) is 2. The first-order chi connectivity index (χ1) is 13.8. The Labute approximate surface area is 172 Å². The highest BCUT2D eigenvalue weighted by molar-refractivity contribution is 7.99. The zero-order valence-electron chi connectivity index (χ0n) is 16.3. The van der Waals surface area contributed by atoms with E-state index in [-0.39, 0.29) is 23.5 Å². The predicted octanol–water partition coefficient (Wildman–Crippen LogP) is 3.96. The minimum absolute atomic E-state index is 0.139. The normalized spacial score (nSPS) is 11.4. The number of carbonyl (C=O) groups is 2. The summed E-state index contributed by atoms with van der Waals surface area (Å²) in [5, 5.41) is 13.4. The van der Waals surface area contributed by atoms with Crippen LogP contribution in [0.2, 0.25) is 0 Å². The predicted molar refractivity (Wildman–Crippen MR) is 110 cm³/mol. The molecule has 0 heterocycles. The molecule has 0 aliphatic rings. The molecule has 2 aromatic rings. The van der Waals surface area contributed by atoms with Crippen LogP contribution in [-0.4, -0.2) is 35.8 Å². The smallest absolute Gasteiger partial charge is 0.307 e. The standard InChI is InChI=1S/C20H22N2O6S/c1-13-4-7-16(8-5-13)29-11-10-19(23)28-14(2)20(24)21-17-9-6-15(22(25)26)12-18(17)27-3/h4-9,12,14H,10-11H2,1-3H3,(H,21,24)/t14-/m1/s1. The third-order valence-corrected chi connectivity index (χ3v) is 4.94. The summed E-state index contributed by atoms with van der Waals surface area (Å²) in [4.78, 5) is 35.6. The Kier molecular flexibility index (Phi) is 8.02. The van der Waals surface area contributed by atoms with Crippen molar-refractivity contribution < 1.29 is 24.0 Å². The number of thioether (sulfide) groups is 1. The van der Waals surface area contributed by atoms with Gasteiger partial charge in [-0.15, -0.1) is 11.8 Å². The summed E-state index contributed by atoms with van der Waals surface area (Å²) in [5.74, 6) is -0.368. The van der Waals surface area contributed by atoms with Crippen molar-refractivity contribution in [3.05, 3.63) is 58.1 Å². The van der Waals surface area contributed by atoms with E-state index in [4.69, 9.17) is 9.47 Å². The number of nitro benzene ring substituents is 1. The number of nitrogens with one attached hydrogen (secondary N) is 1. The number of benzene rings is 2. The molecule has 0 radical (unpaired) electrons. The fourth-order valence-corrected chi connectivity index (χ4v) is 3.16. The molecule has 0 fully saturated rings. The molecule has 0 bridgehead atoms. The molecule has 9 heteroatoms. The second-order valence-electron chi connectivity index (χ2n) is 6.17. The average Bonchev–Trinajstić information content (AvgIpc) is 2.69. The summed E-state index contributed by atoms with van der Waals surface area (Å²) >= 11 is 1.53. The molecule has 1 N–H and O–H groups in total. The summed E-state index contributed by atoms with van der Waals surface area (Å²) in [6.07, 6.45) is -0.858. The van der Waals surface area contributed by atoms with Crippen molar-refractivity contribution in [3.63, 3.8) is 0 Å². The van der Waals surface area contributed by atoms with E-state index in [2.05, 4.69) is 5.32 Å². The van der Waals surface area contributed by atoms with E-state index in [9.17, 15) is 19.7 Å². The molecule has 0 unspecified atom stereocenters. The molecule has 0 saturated carbocycles. The Morgan fingerprint density at radius 3 is 2.52 bits per heavy atom. The topological polar surface area (TPSA) is 108 Å². The second-order valence-corrected chi connectivity index (χ2v) is 7.34. The van der Waals surface area contributed by atoms with Gasteiger partial charge in [-0.1, -0.05) is 17.7 Å². The van der Waals surface area contributed by atoms with Crippen LogP contribution >= 0.6 is 11.8 Å². The molecule has 0 aliphatic heterocycles. The van der Waals surface area contributed by atoms with Crippen LogP contribution in [0.4, 0.5) is 11.4 Å². The number of nitro groups is 1. The largest absolute Gasteiger partial charge is 0.494 e. The van der Waals surface area contributed by atoms with Crippen LogP contribution in [0.5, 0.6) is 5.75 Å². The number of hydrogen-bond donors (Lipinski definition) is 1. The molecule has 29 heavy (non-hydrogen) atoms. The number of rotatable bonds is 9. The zero-order chi connectivity index (χ0) is 21.4. The molecule has 0 spiro atoms. The van der Waals surface area contributed by atoms with Gasteiger partial charge >= 0.3 is 5.97 Å². The SMILES string of the molecule is COc1cc([N+](=O)[O-])ccc1NC(=O)[C@@H](C)OC(=O)CCSc1ccc(C)cc1. The zero-order valence-corrected chi connectivity index (χ0v) is 17.2. The Bertz CT molecular complexity index is 885. The molecular weight excluding hydrogens is 396 g/mol. The van der Waals surface area contributed by atoms with E-state index >= 15 is 0 Å².